The molecule has 0 aliphatic heterocycles. The summed E-state index contributed by atoms with van der Waals surface area (Å²) in [5.41, 5.74) is 4.71. The van der Waals surface area contributed by atoms with Gasteiger partial charge in [0, 0.05) is 12.0 Å². The van der Waals surface area contributed by atoms with Gasteiger partial charge in [-0.05, 0) is 82.8 Å². The fourth-order valence-corrected chi connectivity index (χ4v) is 5.75. The number of hydrogen-bond donors (Lipinski definition) is 2. The average Bonchev–Trinajstić information content (AvgIpc) is 3.21. The third-order valence-electron chi connectivity index (χ3n) is 8.43. The van der Waals surface area contributed by atoms with Gasteiger partial charge >= 0.3 is 0 Å². The SMILES string of the molecule is COc1cc(C/C(C#CCO)=C(\CO)Cc2ccc(OCc3cc(OC)c(OC)c(OC)c3)c(OC)c2)ccc1OCc1cc(OC)c(OC)c(OC)c1. The summed E-state index contributed by atoms with van der Waals surface area (Å²) in [5.74, 6) is 11.0. The number of benzene rings is 4. The molecule has 0 aromatic heterocycles. The number of aliphatic hydroxyl groups is 2. The Morgan fingerprint density at radius 2 is 0.852 bits per heavy atom. The molecular weight excluding hydrogens is 696 g/mol. The van der Waals surface area contributed by atoms with Gasteiger partial charge < -0.3 is 57.6 Å². The van der Waals surface area contributed by atoms with Crippen LogP contribution in [0.25, 0.3) is 0 Å². The average molecular weight is 745 g/mol. The van der Waals surface area contributed by atoms with Gasteiger partial charge in [-0.1, -0.05) is 24.0 Å². The molecule has 12 heteroatoms. The lowest BCUT2D eigenvalue weighted by Crippen LogP contribution is -2.05. The van der Waals surface area contributed by atoms with E-state index in [0.717, 1.165) is 22.3 Å². The van der Waals surface area contributed by atoms with Crippen molar-refractivity contribution in [3.8, 4) is 69.3 Å². The monoisotopic (exact) mass is 744 g/mol. The van der Waals surface area contributed by atoms with Crippen molar-refractivity contribution in [2.75, 3.05) is 70.1 Å². The van der Waals surface area contributed by atoms with Gasteiger partial charge in [-0.2, -0.15) is 0 Å². The molecule has 0 saturated heterocycles. The van der Waals surface area contributed by atoms with Crippen LogP contribution in [0.3, 0.4) is 0 Å². The highest BCUT2D eigenvalue weighted by atomic mass is 16.5. The maximum atomic E-state index is 10.5. The summed E-state index contributed by atoms with van der Waals surface area (Å²) in [6.45, 7) is -0.144. The van der Waals surface area contributed by atoms with Gasteiger partial charge in [0.1, 0.15) is 19.8 Å². The van der Waals surface area contributed by atoms with E-state index in [1.165, 1.54) is 0 Å². The van der Waals surface area contributed by atoms with E-state index in [0.29, 0.717) is 81.5 Å². The minimum Gasteiger partial charge on any atom is -0.493 e. The van der Waals surface area contributed by atoms with Crippen molar-refractivity contribution in [2.45, 2.75) is 26.1 Å². The van der Waals surface area contributed by atoms with E-state index in [1.807, 2.05) is 60.7 Å². The predicted molar refractivity (Wildman–Crippen MR) is 203 cm³/mol. The first kappa shape index (κ1) is 40.9. The summed E-state index contributed by atoms with van der Waals surface area (Å²) in [6.07, 6.45) is 0.752. The molecule has 288 valence electrons. The van der Waals surface area contributed by atoms with Crippen LogP contribution in [0.2, 0.25) is 0 Å². The summed E-state index contributed by atoms with van der Waals surface area (Å²) < 4.78 is 56.3. The topological polar surface area (TPSA) is 133 Å². The Bertz CT molecular complexity index is 1910. The Morgan fingerprint density at radius 3 is 1.20 bits per heavy atom. The number of aliphatic hydroxyl groups excluding tert-OH is 2. The van der Waals surface area contributed by atoms with Crippen LogP contribution in [0.5, 0.6) is 57.5 Å². The minimum atomic E-state index is -0.328. The lowest BCUT2D eigenvalue weighted by atomic mass is 9.95. The molecule has 0 saturated carbocycles. The molecule has 0 aliphatic carbocycles. The summed E-state index contributed by atoms with van der Waals surface area (Å²) in [6, 6.07) is 18.5. The molecular formula is C42H48O12. The molecule has 0 radical (unpaired) electrons. The Hall–Kier alpha value is -5.90. The van der Waals surface area contributed by atoms with Gasteiger partial charge in [0.05, 0.1) is 63.5 Å². The molecule has 0 fully saturated rings. The van der Waals surface area contributed by atoms with E-state index in [2.05, 4.69) is 11.8 Å². The highest BCUT2D eigenvalue weighted by Crippen LogP contribution is 2.40. The van der Waals surface area contributed by atoms with Gasteiger partial charge in [-0.3, -0.25) is 0 Å². The van der Waals surface area contributed by atoms with Crippen molar-refractivity contribution in [1.82, 2.24) is 0 Å². The standard InChI is InChI=1S/C42H48O12/c1-45-35-18-27(11-13-33(35)53-25-29-20-37(47-3)41(51-7)38(21-29)48-4)16-31(10-9-15-43)32(24-44)17-28-12-14-34(36(19-28)46-2)54-26-30-22-39(49-5)42(52-8)40(23-30)50-6/h11-14,18-23,43-44H,15-17,24-26H2,1-8H3/b32-31-. The molecule has 4 aromatic carbocycles. The van der Waals surface area contributed by atoms with Crippen LogP contribution in [0.15, 0.2) is 71.8 Å². The number of hydrogen-bond acceptors (Lipinski definition) is 12. The van der Waals surface area contributed by atoms with E-state index in [1.54, 1.807) is 56.9 Å². The van der Waals surface area contributed by atoms with E-state index >= 15 is 0 Å². The lowest BCUT2D eigenvalue weighted by Gasteiger charge is -2.17. The van der Waals surface area contributed by atoms with E-state index in [-0.39, 0.29) is 26.4 Å². The van der Waals surface area contributed by atoms with Crippen LogP contribution in [-0.2, 0) is 26.1 Å². The number of rotatable bonds is 19. The fraction of sp³-hybridized carbons (Fsp3) is 0.333. The van der Waals surface area contributed by atoms with Crippen molar-refractivity contribution in [3.63, 3.8) is 0 Å². The second-order valence-corrected chi connectivity index (χ2v) is 11.7. The maximum absolute atomic E-state index is 10.5. The molecule has 12 nitrogen and oxygen atoms in total. The van der Waals surface area contributed by atoms with Gasteiger partial charge in [0.25, 0.3) is 0 Å². The first-order valence-corrected chi connectivity index (χ1v) is 16.9. The Morgan fingerprint density at radius 1 is 0.463 bits per heavy atom. The Kier molecular flexibility index (Phi) is 15.4. The Labute approximate surface area is 316 Å². The maximum Gasteiger partial charge on any atom is 0.203 e. The lowest BCUT2D eigenvalue weighted by molar-refractivity contribution is 0.280. The molecule has 54 heavy (non-hydrogen) atoms. The van der Waals surface area contributed by atoms with Crippen LogP contribution in [0, 0.1) is 11.8 Å². The molecule has 4 aromatic rings. The zero-order valence-electron chi connectivity index (χ0n) is 32.0. The normalized spacial score (nSPS) is 11.0. The van der Waals surface area contributed by atoms with Crippen LogP contribution in [-0.4, -0.2) is 80.3 Å². The second-order valence-electron chi connectivity index (χ2n) is 11.7. The molecule has 0 aliphatic rings. The zero-order valence-corrected chi connectivity index (χ0v) is 32.0. The Balaban J connectivity index is 1.53. The minimum absolute atomic E-state index is 0.215. The highest BCUT2D eigenvalue weighted by molar-refractivity contribution is 5.55. The van der Waals surface area contributed by atoms with E-state index in [4.69, 9.17) is 47.4 Å². The third-order valence-corrected chi connectivity index (χ3v) is 8.43. The van der Waals surface area contributed by atoms with Crippen LogP contribution < -0.4 is 47.4 Å². The molecule has 0 amide bonds. The number of allylic oxidation sites excluding steroid dienone is 1. The van der Waals surface area contributed by atoms with Crippen LogP contribution >= 0.6 is 0 Å². The molecule has 4 rings (SSSR count). The van der Waals surface area contributed by atoms with Gasteiger partial charge in [-0.25, -0.2) is 0 Å². The second kappa shape index (κ2) is 20.4. The first-order chi connectivity index (χ1) is 26.3. The summed E-state index contributed by atoms with van der Waals surface area (Å²) in [7, 11) is 12.5. The molecule has 0 atom stereocenters. The van der Waals surface area contributed by atoms with Gasteiger partial charge in [0.15, 0.2) is 46.0 Å². The van der Waals surface area contributed by atoms with Crippen molar-refractivity contribution >= 4 is 0 Å². The highest BCUT2D eigenvalue weighted by Gasteiger charge is 2.17. The number of ether oxygens (including phenoxy) is 10. The van der Waals surface area contributed by atoms with Gasteiger partial charge in [0.2, 0.25) is 11.5 Å². The first-order valence-electron chi connectivity index (χ1n) is 16.9. The van der Waals surface area contributed by atoms with Gasteiger partial charge in [-0.15, -0.1) is 0 Å². The summed E-state index contributed by atoms with van der Waals surface area (Å²) in [5, 5.41) is 20.1. The molecule has 0 bridgehead atoms. The van der Waals surface area contributed by atoms with Crippen molar-refractivity contribution < 1.29 is 57.6 Å². The zero-order chi connectivity index (χ0) is 39.0. The van der Waals surface area contributed by atoms with Crippen molar-refractivity contribution in [3.05, 3.63) is 94.1 Å². The fourth-order valence-electron chi connectivity index (χ4n) is 5.75. The summed E-state index contributed by atoms with van der Waals surface area (Å²) in [4.78, 5) is 0. The largest absolute Gasteiger partial charge is 0.493 e. The van der Waals surface area contributed by atoms with E-state index < -0.39 is 0 Å². The predicted octanol–water partition coefficient (Wildman–Crippen LogP) is 5.98. The number of methoxy groups -OCH3 is 8. The van der Waals surface area contributed by atoms with E-state index in [9.17, 15) is 10.2 Å². The molecule has 0 heterocycles. The smallest absolute Gasteiger partial charge is 0.203 e. The quantitative estimate of drug-likeness (QED) is 0.110. The molecule has 2 N–H and O–H groups in total. The van der Waals surface area contributed by atoms with Crippen molar-refractivity contribution in [2.24, 2.45) is 0 Å². The molecule has 0 spiro atoms. The van der Waals surface area contributed by atoms with Crippen LogP contribution in [0.4, 0.5) is 0 Å². The third kappa shape index (κ3) is 10.2. The van der Waals surface area contributed by atoms with Crippen LogP contribution in [0.1, 0.15) is 22.3 Å². The molecule has 0 unspecified atom stereocenters. The summed E-state index contributed by atoms with van der Waals surface area (Å²) >= 11 is 0. The van der Waals surface area contributed by atoms with Crippen molar-refractivity contribution in [1.29, 1.82) is 0 Å².